The maximum Gasteiger partial charge on any atom is 0.428 e. The Morgan fingerprint density at radius 3 is 2.70 bits per heavy atom. The SMILES string of the molecule is Cc1ncc(-c2ccc(C3=NNC(=O)OC3)cc2C(F)(F)F)s1. The van der Waals surface area contributed by atoms with Crippen molar-refractivity contribution in [1.29, 1.82) is 0 Å². The number of carbonyl (C=O) groups is 1. The second-order valence-corrected chi connectivity index (χ2v) is 5.98. The van der Waals surface area contributed by atoms with E-state index in [1.165, 1.54) is 29.7 Å². The molecule has 0 unspecified atom stereocenters. The van der Waals surface area contributed by atoms with Crippen LogP contribution in [0.15, 0.2) is 29.5 Å². The molecule has 1 aromatic carbocycles. The second-order valence-electron chi connectivity index (χ2n) is 4.75. The zero-order chi connectivity index (χ0) is 16.6. The number of hydrogen-bond acceptors (Lipinski definition) is 5. The Balaban J connectivity index is 2.08. The molecule has 2 aromatic rings. The van der Waals surface area contributed by atoms with Crippen LogP contribution in [0.25, 0.3) is 10.4 Å². The van der Waals surface area contributed by atoms with E-state index in [-0.39, 0.29) is 23.4 Å². The van der Waals surface area contributed by atoms with Crippen molar-refractivity contribution in [3.8, 4) is 10.4 Å². The molecule has 0 spiro atoms. The predicted molar refractivity (Wildman–Crippen MR) is 78.3 cm³/mol. The highest BCUT2D eigenvalue weighted by Crippen LogP contribution is 2.39. The van der Waals surface area contributed by atoms with Crippen LogP contribution in [0.1, 0.15) is 16.1 Å². The van der Waals surface area contributed by atoms with Crippen LogP contribution in [-0.4, -0.2) is 23.4 Å². The minimum atomic E-state index is -4.53. The van der Waals surface area contributed by atoms with Crippen molar-refractivity contribution in [3.63, 3.8) is 0 Å². The van der Waals surface area contributed by atoms with Gasteiger partial charge in [0.15, 0.2) is 0 Å². The maximum atomic E-state index is 13.4. The van der Waals surface area contributed by atoms with Gasteiger partial charge >= 0.3 is 12.3 Å². The lowest BCUT2D eigenvalue weighted by Crippen LogP contribution is -2.30. The Kier molecular flexibility index (Phi) is 3.80. The highest BCUT2D eigenvalue weighted by molar-refractivity contribution is 7.15. The molecule has 1 N–H and O–H groups in total. The highest BCUT2D eigenvalue weighted by Gasteiger charge is 2.35. The van der Waals surface area contributed by atoms with Crippen molar-refractivity contribution < 1.29 is 22.7 Å². The Morgan fingerprint density at radius 1 is 1.35 bits per heavy atom. The molecule has 23 heavy (non-hydrogen) atoms. The van der Waals surface area contributed by atoms with Gasteiger partial charge in [-0.05, 0) is 13.0 Å². The number of hydrazone groups is 1. The summed E-state index contributed by atoms with van der Waals surface area (Å²) in [6.07, 6.45) is -3.84. The van der Waals surface area contributed by atoms with Gasteiger partial charge in [0.25, 0.3) is 0 Å². The van der Waals surface area contributed by atoms with Gasteiger partial charge in [-0.15, -0.1) is 11.3 Å². The summed E-state index contributed by atoms with van der Waals surface area (Å²) >= 11 is 1.19. The van der Waals surface area contributed by atoms with E-state index in [0.29, 0.717) is 9.88 Å². The van der Waals surface area contributed by atoms with Gasteiger partial charge in [-0.2, -0.15) is 18.3 Å². The monoisotopic (exact) mass is 341 g/mol. The Morgan fingerprint density at radius 2 is 2.13 bits per heavy atom. The number of carbonyl (C=O) groups excluding carboxylic acids is 1. The van der Waals surface area contributed by atoms with Crippen LogP contribution in [0.4, 0.5) is 18.0 Å². The van der Waals surface area contributed by atoms with Crippen molar-refractivity contribution in [1.82, 2.24) is 10.4 Å². The number of alkyl halides is 3. The molecule has 3 rings (SSSR count). The molecule has 0 saturated carbocycles. The third-order valence-electron chi connectivity index (χ3n) is 3.17. The first-order valence-electron chi connectivity index (χ1n) is 6.48. The fourth-order valence-corrected chi connectivity index (χ4v) is 2.94. The van der Waals surface area contributed by atoms with E-state index in [9.17, 15) is 18.0 Å². The van der Waals surface area contributed by atoms with E-state index < -0.39 is 17.8 Å². The van der Waals surface area contributed by atoms with Crippen molar-refractivity contribution >= 4 is 23.1 Å². The molecule has 5 nitrogen and oxygen atoms in total. The number of amides is 1. The van der Waals surface area contributed by atoms with Crippen LogP contribution in [0.3, 0.4) is 0 Å². The number of halogens is 3. The third-order valence-corrected chi connectivity index (χ3v) is 4.11. The summed E-state index contributed by atoms with van der Waals surface area (Å²) in [5.41, 5.74) is 1.82. The lowest BCUT2D eigenvalue weighted by Gasteiger charge is -2.16. The van der Waals surface area contributed by atoms with E-state index in [0.717, 1.165) is 6.07 Å². The third kappa shape index (κ3) is 3.19. The van der Waals surface area contributed by atoms with E-state index >= 15 is 0 Å². The van der Waals surface area contributed by atoms with Gasteiger partial charge in [0.05, 0.1) is 15.4 Å². The van der Waals surface area contributed by atoms with E-state index in [1.54, 1.807) is 6.92 Å². The molecule has 0 fully saturated rings. The number of thiazole rings is 1. The normalized spacial score (nSPS) is 15.0. The number of cyclic esters (lactones) is 1. The minimum Gasteiger partial charge on any atom is -0.442 e. The summed E-state index contributed by atoms with van der Waals surface area (Å²) < 4.78 is 44.9. The number of aryl methyl sites for hydroxylation is 1. The Bertz CT molecular complexity index is 799. The summed E-state index contributed by atoms with van der Waals surface area (Å²) in [7, 11) is 0. The van der Waals surface area contributed by atoms with Crippen LogP contribution in [0.2, 0.25) is 0 Å². The molecule has 1 aliphatic heterocycles. The van der Waals surface area contributed by atoms with Gasteiger partial charge < -0.3 is 4.74 Å². The molecule has 120 valence electrons. The average molecular weight is 341 g/mol. The summed E-state index contributed by atoms with van der Waals surface area (Å²) in [6.45, 7) is 1.55. The number of ether oxygens (including phenoxy) is 1. The molecule has 2 heterocycles. The van der Waals surface area contributed by atoms with Gasteiger partial charge in [-0.1, -0.05) is 12.1 Å². The van der Waals surface area contributed by atoms with Crippen LogP contribution in [0, 0.1) is 6.92 Å². The van der Waals surface area contributed by atoms with Crippen molar-refractivity contribution in [2.75, 3.05) is 6.61 Å². The fraction of sp³-hybridized carbons (Fsp3) is 0.214. The van der Waals surface area contributed by atoms with Gasteiger partial charge in [0, 0.05) is 17.3 Å². The lowest BCUT2D eigenvalue weighted by atomic mass is 10.00. The zero-order valence-corrected chi connectivity index (χ0v) is 12.6. The molecular weight excluding hydrogens is 331 g/mol. The quantitative estimate of drug-likeness (QED) is 0.908. The van der Waals surface area contributed by atoms with Crippen molar-refractivity contribution in [3.05, 3.63) is 40.5 Å². The molecule has 1 amide bonds. The maximum absolute atomic E-state index is 13.4. The highest BCUT2D eigenvalue weighted by atomic mass is 32.1. The molecule has 1 aliphatic rings. The van der Waals surface area contributed by atoms with Crippen molar-refractivity contribution in [2.24, 2.45) is 5.10 Å². The molecule has 0 atom stereocenters. The van der Waals surface area contributed by atoms with E-state index in [1.807, 2.05) is 0 Å². The number of benzene rings is 1. The molecule has 0 aliphatic carbocycles. The molecule has 0 saturated heterocycles. The average Bonchev–Trinajstić information content (AvgIpc) is 2.93. The standard InChI is InChI=1S/C14H10F3N3O2S/c1-7-18-5-12(23-7)9-3-2-8(4-10(9)14(15,16)17)11-6-22-13(21)20-19-11/h2-5H,6H2,1H3,(H,20,21). The topological polar surface area (TPSA) is 63.6 Å². The lowest BCUT2D eigenvalue weighted by molar-refractivity contribution is -0.137. The van der Waals surface area contributed by atoms with Crippen molar-refractivity contribution in [2.45, 2.75) is 13.1 Å². The molecule has 0 bridgehead atoms. The van der Waals surface area contributed by atoms with Crippen LogP contribution in [0.5, 0.6) is 0 Å². The van der Waals surface area contributed by atoms with Gasteiger partial charge in [-0.25, -0.2) is 15.2 Å². The smallest absolute Gasteiger partial charge is 0.428 e. The van der Waals surface area contributed by atoms with E-state index in [4.69, 9.17) is 4.74 Å². The largest absolute Gasteiger partial charge is 0.442 e. The first-order chi connectivity index (χ1) is 10.8. The van der Waals surface area contributed by atoms with Crippen LogP contribution >= 0.6 is 11.3 Å². The molecule has 9 heteroatoms. The molecule has 1 aromatic heterocycles. The van der Waals surface area contributed by atoms with Gasteiger partial charge in [0.2, 0.25) is 0 Å². The number of nitrogens with one attached hydrogen (secondary N) is 1. The zero-order valence-electron chi connectivity index (χ0n) is 11.8. The van der Waals surface area contributed by atoms with Crippen LogP contribution in [-0.2, 0) is 10.9 Å². The fourth-order valence-electron chi connectivity index (χ4n) is 2.12. The Labute approximate surface area is 132 Å². The summed E-state index contributed by atoms with van der Waals surface area (Å²) in [5.74, 6) is 0. The number of rotatable bonds is 2. The number of nitrogens with zero attached hydrogens (tertiary/aromatic N) is 2. The molecule has 0 radical (unpaired) electrons. The first-order valence-corrected chi connectivity index (χ1v) is 7.30. The minimum absolute atomic E-state index is 0.0632. The number of aromatic nitrogens is 1. The predicted octanol–water partition coefficient (Wildman–Crippen LogP) is 3.58. The molecular formula is C14H10F3N3O2S. The van der Waals surface area contributed by atoms with E-state index in [2.05, 4.69) is 15.5 Å². The second kappa shape index (κ2) is 5.65. The van der Waals surface area contributed by atoms with Gasteiger partial charge in [0.1, 0.15) is 12.3 Å². The summed E-state index contributed by atoms with van der Waals surface area (Å²) in [6, 6.07) is 3.90. The van der Waals surface area contributed by atoms with Gasteiger partial charge in [-0.3, -0.25) is 0 Å². The number of hydrogen-bond donors (Lipinski definition) is 1. The summed E-state index contributed by atoms with van der Waals surface area (Å²) in [5, 5.41) is 4.41. The first kappa shape index (κ1) is 15.5. The summed E-state index contributed by atoms with van der Waals surface area (Å²) in [4.78, 5) is 15.3. The Hall–Kier alpha value is -2.42. The van der Waals surface area contributed by atoms with Crippen LogP contribution < -0.4 is 5.43 Å².